The number of hydrogen-bond donors (Lipinski definition) is 1. The molecule has 14 heavy (non-hydrogen) atoms. The second-order valence-corrected chi connectivity index (χ2v) is 4.71. The average molecular weight is 209 g/mol. The average Bonchev–Trinajstić information content (AvgIpc) is 2.15. The van der Waals surface area contributed by atoms with Crippen molar-refractivity contribution in [2.24, 2.45) is 11.7 Å². The Morgan fingerprint density at radius 1 is 1.29 bits per heavy atom. The van der Waals surface area contributed by atoms with Gasteiger partial charge in [0.05, 0.1) is 5.25 Å². The van der Waals surface area contributed by atoms with Gasteiger partial charge in [-0.3, -0.25) is 4.79 Å². The van der Waals surface area contributed by atoms with Crippen LogP contribution in [0.3, 0.4) is 0 Å². The summed E-state index contributed by atoms with van der Waals surface area (Å²) < 4.78 is 0. The summed E-state index contributed by atoms with van der Waals surface area (Å²) in [6.07, 6.45) is 0. The van der Waals surface area contributed by atoms with Crippen LogP contribution in [0.4, 0.5) is 0 Å². The number of primary amides is 1. The zero-order valence-electron chi connectivity index (χ0n) is 8.44. The normalized spacial score (nSPS) is 12.8. The number of carbonyl (C=O) groups is 1. The Labute approximate surface area is 88.9 Å². The number of benzene rings is 1. The lowest BCUT2D eigenvalue weighted by atomic mass is 10.1. The van der Waals surface area contributed by atoms with Crippen LogP contribution in [0.5, 0.6) is 0 Å². The van der Waals surface area contributed by atoms with Crippen molar-refractivity contribution in [3.63, 3.8) is 0 Å². The standard InChI is InChI=1S/C11H15NOS/c1-8(2)10(11(12)13)14-9-6-4-3-5-7-9/h3-8,10H,1-2H3,(H2,12,13). The Balaban J connectivity index is 2.70. The highest BCUT2D eigenvalue weighted by Gasteiger charge is 2.20. The molecule has 3 heteroatoms. The van der Waals surface area contributed by atoms with Crippen LogP contribution in [0.2, 0.25) is 0 Å². The van der Waals surface area contributed by atoms with E-state index in [1.54, 1.807) is 0 Å². The molecule has 0 aliphatic carbocycles. The molecule has 2 nitrogen and oxygen atoms in total. The van der Waals surface area contributed by atoms with Crippen LogP contribution in [0.25, 0.3) is 0 Å². The molecule has 1 rings (SSSR count). The van der Waals surface area contributed by atoms with Crippen molar-refractivity contribution >= 4 is 17.7 Å². The molecule has 1 aromatic carbocycles. The van der Waals surface area contributed by atoms with Crippen molar-refractivity contribution < 1.29 is 4.79 Å². The molecule has 0 saturated carbocycles. The summed E-state index contributed by atoms with van der Waals surface area (Å²) in [5, 5.41) is -0.141. The molecule has 0 fully saturated rings. The van der Waals surface area contributed by atoms with Gasteiger partial charge in [0.2, 0.25) is 5.91 Å². The van der Waals surface area contributed by atoms with Gasteiger partial charge < -0.3 is 5.73 Å². The maximum atomic E-state index is 11.1. The Morgan fingerprint density at radius 3 is 2.29 bits per heavy atom. The predicted molar refractivity (Wildman–Crippen MR) is 60.1 cm³/mol. The van der Waals surface area contributed by atoms with Crippen molar-refractivity contribution in [3.8, 4) is 0 Å². The first-order valence-corrected chi connectivity index (χ1v) is 5.50. The van der Waals surface area contributed by atoms with Gasteiger partial charge in [-0.25, -0.2) is 0 Å². The third kappa shape index (κ3) is 3.07. The first-order chi connectivity index (χ1) is 6.61. The Kier molecular flexibility index (Phi) is 4.01. The molecule has 0 bridgehead atoms. The monoisotopic (exact) mass is 209 g/mol. The smallest absolute Gasteiger partial charge is 0.231 e. The largest absolute Gasteiger partial charge is 0.369 e. The van der Waals surface area contributed by atoms with Gasteiger partial charge in [0.15, 0.2) is 0 Å². The van der Waals surface area contributed by atoms with E-state index in [4.69, 9.17) is 5.73 Å². The van der Waals surface area contributed by atoms with Crippen molar-refractivity contribution in [2.75, 3.05) is 0 Å². The first kappa shape index (κ1) is 11.1. The topological polar surface area (TPSA) is 43.1 Å². The molecule has 0 radical (unpaired) electrons. The van der Waals surface area contributed by atoms with Crippen molar-refractivity contribution in [3.05, 3.63) is 30.3 Å². The van der Waals surface area contributed by atoms with Gasteiger partial charge in [-0.1, -0.05) is 32.0 Å². The minimum atomic E-state index is -0.242. The lowest BCUT2D eigenvalue weighted by molar-refractivity contribution is -0.118. The summed E-state index contributed by atoms with van der Waals surface area (Å²) in [5.41, 5.74) is 5.33. The van der Waals surface area contributed by atoms with Crippen LogP contribution in [0.15, 0.2) is 35.2 Å². The van der Waals surface area contributed by atoms with E-state index in [9.17, 15) is 4.79 Å². The van der Waals surface area contributed by atoms with E-state index in [0.29, 0.717) is 0 Å². The fourth-order valence-corrected chi connectivity index (χ4v) is 2.16. The molecule has 1 aromatic rings. The highest BCUT2D eigenvalue weighted by atomic mass is 32.2. The fourth-order valence-electron chi connectivity index (χ4n) is 1.17. The fraction of sp³-hybridized carbons (Fsp3) is 0.364. The van der Waals surface area contributed by atoms with Gasteiger partial charge in [0.1, 0.15) is 0 Å². The SMILES string of the molecule is CC(C)C(Sc1ccccc1)C(N)=O. The predicted octanol–water partition coefficient (Wildman–Crippen LogP) is 2.29. The van der Waals surface area contributed by atoms with Crippen LogP contribution < -0.4 is 5.73 Å². The molecule has 76 valence electrons. The van der Waals surface area contributed by atoms with Crippen LogP contribution in [-0.4, -0.2) is 11.2 Å². The van der Waals surface area contributed by atoms with E-state index in [1.165, 1.54) is 11.8 Å². The molecular formula is C11H15NOS. The summed E-state index contributed by atoms with van der Waals surface area (Å²) in [6.45, 7) is 4.01. The molecule has 0 spiro atoms. The molecule has 1 atom stereocenters. The van der Waals surface area contributed by atoms with Gasteiger partial charge in [-0.05, 0) is 18.1 Å². The first-order valence-electron chi connectivity index (χ1n) is 4.62. The molecule has 0 aliphatic rings. The molecule has 0 aromatic heterocycles. The molecule has 0 aliphatic heterocycles. The zero-order valence-corrected chi connectivity index (χ0v) is 9.25. The van der Waals surface area contributed by atoms with Gasteiger partial charge in [0, 0.05) is 4.90 Å². The number of rotatable bonds is 4. The maximum absolute atomic E-state index is 11.1. The molecule has 1 unspecified atom stereocenters. The summed E-state index contributed by atoms with van der Waals surface area (Å²) in [5.74, 6) is 0.0200. The van der Waals surface area contributed by atoms with E-state index in [1.807, 2.05) is 44.2 Å². The number of nitrogens with two attached hydrogens (primary N) is 1. The maximum Gasteiger partial charge on any atom is 0.231 e. The van der Waals surface area contributed by atoms with Gasteiger partial charge in [-0.15, -0.1) is 11.8 Å². The van der Waals surface area contributed by atoms with Gasteiger partial charge in [-0.2, -0.15) is 0 Å². The van der Waals surface area contributed by atoms with E-state index in [-0.39, 0.29) is 17.1 Å². The highest BCUT2D eigenvalue weighted by molar-refractivity contribution is 8.00. The summed E-state index contributed by atoms with van der Waals surface area (Å²) in [6, 6.07) is 9.85. The highest BCUT2D eigenvalue weighted by Crippen LogP contribution is 2.27. The summed E-state index contributed by atoms with van der Waals surface area (Å²) >= 11 is 1.53. The molecule has 0 saturated heterocycles. The van der Waals surface area contributed by atoms with Gasteiger partial charge >= 0.3 is 0 Å². The van der Waals surface area contributed by atoms with E-state index in [2.05, 4.69) is 0 Å². The quantitative estimate of drug-likeness (QED) is 0.773. The number of amides is 1. The van der Waals surface area contributed by atoms with Crippen molar-refractivity contribution in [1.82, 2.24) is 0 Å². The van der Waals surface area contributed by atoms with Gasteiger partial charge in [0.25, 0.3) is 0 Å². The number of carbonyl (C=O) groups excluding carboxylic acids is 1. The van der Waals surface area contributed by atoms with Crippen molar-refractivity contribution in [2.45, 2.75) is 24.0 Å². The third-order valence-corrected chi connectivity index (χ3v) is 3.47. The summed E-state index contributed by atoms with van der Waals surface area (Å²) in [7, 11) is 0. The van der Waals surface area contributed by atoms with Crippen LogP contribution in [0, 0.1) is 5.92 Å². The third-order valence-electron chi connectivity index (χ3n) is 1.89. The minimum absolute atomic E-state index is 0.141. The van der Waals surface area contributed by atoms with Crippen LogP contribution in [0.1, 0.15) is 13.8 Å². The van der Waals surface area contributed by atoms with E-state index >= 15 is 0 Å². The van der Waals surface area contributed by atoms with Crippen molar-refractivity contribution in [1.29, 1.82) is 0 Å². The Bertz CT molecular complexity index is 297. The van der Waals surface area contributed by atoms with Crippen LogP contribution >= 0.6 is 11.8 Å². The Hall–Kier alpha value is -0.960. The number of thioether (sulfide) groups is 1. The van der Waals surface area contributed by atoms with Crippen LogP contribution in [-0.2, 0) is 4.79 Å². The number of hydrogen-bond acceptors (Lipinski definition) is 2. The Morgan fingerprint density at radius 2 is 1.86 bits per heavy atom. The minimum Gasteiger partial charge on any atom is -0.369 e. The van der Waals surface area contributed by atoms with E-state index in [0.717, 1.165) is 4.90 Å². The summed E-state index contributed by atoms with van der Waals surface area (Å²) in [4.78, 5) is 12.2. The molecule has 0 heterocycles. The van der Waals surface area contributed by atoms with E-state index < -0.39 is 0 Å². The molecule has 2 N–H and O–H groups in total. The second-order valence-electron chi connectivity index (χ2n) is 3.50. The zero-order chi connectivity index (χ0) is 10.6. The molecular weight excluding hydrogens is 194 g/mol. The lowest BCUT2D eigenvalue weighted by Crippen LogP contribution is -2.30. The lowest BCUT2D eigenvalue weighted by Gasteiger charge is -2.16. The second kappa shape index (κ2) is 5.05. The molecule has 1 amide bonds.